The molecule has 0 bridgehead atoms. The van der Waals surface area contributed by atoms with Gasteiger partial charge in [0.1, 0.15) is 5.75 Å². The number of ether oxygens (including phenoxy) is 1. The van der Waals surface area contributed by atoms with Crippen LogP contribution in [0.4, 0.5) is 8.78 Å². The largest absolute Gasteiger partial charge is 0.435 e. The van der Waals surface area contributed by atoms with Crippen LogP contribution in [0.25, 0.3) is 0 Å². The smallest absolute Gasteiger partial charge is 0.387 e. The maximum atomic E-state index is 11.9. The number of nitrogens with zero attached hydrogens (tertiary/aromatic N) is 1. The van der Waals surface area contributed by atoms with Crippen molar-refractivity contribution in [2.24, 2.45) is 0 Å². The van der Waals surface area contributed by atoms with E-state index in [1.807, 2.05) is 13.0 Å². The first-order valence-electron chi connectivity index (χ1n) is 4.05. The van der Waals surface area contributed by atoms with Crippen molar-refractivity contribution in [3.05, 3.63) is 29.3 Å². The van der Waals surface area contributed by atoms with Crippen LogP contribution in [-0.4, -0.2) is 6.61 Å². The van der Waals surface area contributed by atoms with Crippen molar-refractivity contribution < 1.29 is 13.5 Å². The van der Waals surface area contributed by atoms with Crippen LogP contribution in [0.3, 0.4) is 0 Å². The molecule has 74 valence electrons. The Hall–Kier alpha value is -1.63. The maximum Gasteiger partial charge on any atom is 0.387 e. The highest BCUT2D eigenvalue weighted by Gasteiger charge is 2.09. The Morgan fingerprint density at radius 1 is 1.50 bits per heavy atom. The van der Waals surface area contributed by atoms with Gasteiger partial charge in [-0.25, -0.2) is 0 Å². The highest BCUT2D eigenvalue weighted by atomic mass is 19.3. The van der Waals surface area contributed by atoms with Gasteiger partial charge in [0.25, 0.3) is 0 Å². The third-order valence-corrected chi connectivity index (χ3v) is 1.70. The lowest BCUT2D eigenvalue weighted by Gasteiger charge is -2.08. The minimum Gasteiger partial charge on any atom is -0.435 e. The highest BCUT2D eigenvalue weighted by Crippen LogP contribution is 2.22. The molecule has 0 N–H and O–H groups in total. The molecule has 0 aromatic heterocycles. The Bertz CT molecular complexity index is 358. The van der Waals surface area contributed by atoms with Crippen molar-refractivity contribution in [3.63, 3.8) is 0 Å². The lowest BCUT2D eigenvalue weighted by atomic mass is 10.1. The molecule has 1 aromatic carbocycles. The van der Waals surface area contributed by atoms with Gasteiger partial charge in [-0.05, 0) is 13.0 Å². The molecule has 1 aromatic rings. The van der Waals surface area contributed by atoms with Gasteiger partial charge in [0.15, 0.2) is 0 Å². The second-order valence-corrected chi connectivity index (χ2v) is 2.82. The summed E-state index contributed by atoms with van der Waals surface area (Å²) in [5, 5.41) is 8.48. The number of halogens is 2. The van der Waals surface area contributed by atoms with Gasteiger partial charge in [-0.15, -0.1) is 0 Å². The fourth-order valence-corrected chi connectivity index (χ4v) is 1.14. The molecule has 0 heterocycles. The predicted octanol–water partition coefficient (Wildman–Crippen LogP) is 2.66. The quantitative estimate of drug-likeness (QED) is 0.746. The van der Waals surface area contributed by atoms with Gasteiger partial charge in [-0.2, -0.15) is 14.0 Å². The van der Waals surface area contributed by atoms with E-state index in [-0.39, 0.29) is 12.2 Å². The lowest BCUT2D eigenvalue weighted by Crippen LogP contribution is -2.04. The fraction of sp³-hybridized carbons (Fsp3) is 0.300. The van der Waals surface area contributed by atoms with Gasteiger partial charge in [-0.3, -0.25) is 0 Å². The number of nitriles is 1. The van der Waals surface area contributed by atoms with Crippen LogP contribution in [0, 0.1) is 18.3 Å². The van der Waals surface area contributed by atoms with Crippen LogP contribution in [0.1, 0.15) is 11.1 Å². The summed E-state index contributed by atoms with van der Waals surface area (Å²) in [5.41, 5.74) is 1.41. The molecule has 0 radical (unpaired) electrons. The molecule has 0 fully saturated rings. The molecular formula is C10H9F2NO. The molecule has 0 saturated heterocycles. The molecule has 0 aliphatic carbocycles. The van der Waals surface area contributed by atoms with Crippen LogP contribution in [0.5, 0.6) is 5.75 Å². The molecule has 0 unspecified atom stereocenters. The normalized spacial score (nSPS) is 9.93. The van der Waals surface area contributed by atoms with E-state index in [0.29, 0.717) is 5.56 Å². The SMILES string of the molecule is Cc1ccc(OC(F)F)c(CC#N)c1. The number of hydrogen-bond acceptors (Lipinski definition) is 2. The summed E-state index contributed by atoms with van der Waals surface area (Å²) in [7, 11) is 0. The van der Waals surface area contributed by atoms with E-state index in [1.165, 1.54) is 6.07 Å². The molecule has 0 atom stereocenters. The van der Waals surface area contributed by atoms with Crippen molar-refractivity contribution in [2.45, 2.75) is 20.0 Å². The average molecular weight is 197 g/mol. The first kappa shape index (κ1) is 10.5. The number of benzene rings is 1. The van der Waals surface area contributed by atoms with Gasteiger partial charge >= 0.3 is 6.61 Å². The summed E-state index contributed by atoms with van der Waals surface area (Å²) < 4.78 is 28.1. The average Bonchev–Trinajstić information content (AvgIpc) is 2.09. The molecule has 0 amide bonds. The van der Waals surface area contributed by atoms with Crippen molar-refractivity contribution in [1.29, 1.82) is 5.26 Å². The maximum absolute atomic E-state index is 11.9. The van der Waals surface area contributed by atoms with E-state index in [0.717, 1.165) is 5.56 Å². The zero-order valence-corrected chi connectivity index (χ0v) is 7.63. The molecule has 0 aliphatic heterocycles. The molecule has 0 saturated carbocycles. The Balaban J connectivity index is 2.97. The van der Waals surface area contributed by atoms with Crippen molar-refractivity contribution >= 4 is 0 Å². The molecule has 0 spiro atoms. The molecule has 0 aliphatic rings. The highest BCUT2D eigenvalue weighted by molar-refractivity contribution is 5.38. The third kappa shape index (κ3) is 2.70. The van der Waals surface area contributed by atoms with E-state index in [9.17, 15) is 8.78 Å². The molecule has 1 rings (SSSR count). The fourth-order valence-electron chi connectivity index (χ4n) is 1.14. The standard InChI is InChI=1S/C10H9F2NO/c1-7-2-3-9(14-10(11)12)8(6-7)4-5-13/h2-3,6,10H,4H2,1H3. The first-order chi connectivity index (χ1) is 6.63. The molecular weight excluding hydrogens is 188 g/mol. The van der Waals surface area contributed by atoms with E-state index in [2.05, 4.69) is 4.74 Å². The van der Waals surface area contributed by atoms with Gasteiger partial charge in [0, 0.05) is 5.56 Å². The van der Waals surface area contributed by atoms with Crippen LogP contribution < -0.4 is 4.74 Å². The monoisotopic (exact) mass is 197 g/mol. The summed E-state index contributed by atoms with van der Waals surface area (Å²) in [6.45, 7) is -1.03. The van der Waals surface area contributed by atoms with E-state index in [4.69, 9.17) is 5.26 Å². The van der Waals surface area contributed by atoms with Gasteiger partial charge in [0.05, 0.1) is 12.5 Å². The Kier molecular flexibility index (Phi) is 3.41. The Morgan fingerprint density at radius 3 is 2.79 bits per heavy atom. The Labute approximate surface area is 80.7 Å². The van der Waals surface area contributed by atoms with Crippen LogP contribution >= 0.6 is 0 Å². The summed E-state index contributed by atoms with van der Waals surface area (Å²) in [5.74, 6) is 0.0761. The summed E-state index contributed by atoms with van der Waals surface area (Å²) >= 11 is 0. The lowest BCUT2D eigenvalue weighted by molar-refractivity contribution is -0.0503. The first-order valence-corrected chi connectivity index (χ1v) is 4.05. The molecule has 4 heteroatoms. The number of hydrogen-bond donors (Lipinski definition) is 0. The second-order valence-electron chi connectivity index (χ2n) is 2.82. The summed E-state index contributed by atoms with van der Waals surface area (Å²) in [4.78, 5) is 0. The molecule has 14 heavy (non-hydrogen) atoms. The van der Waals surface area contributed by atoms with Gasteiger partial charge < -0.3 is 4.74 Å². The summed E-state index contributed by atoms with van der Waals surface area (Å²) in [6, 6.07) is 6.69. The van der Waals surface area contributed by atoms with Crippen LogP contribution in [-0.2, 0) is 6.42 Å². The van der Waals surface area contributed by atoms with Crippen molar-refractivity contribution in [1.82, 2.24) is 0 Å². The van der Waals surface area contributed by atoms with Crippen LogP contribution in [0.15, 0.2) is 18.2 Å². The van der Waals surface area contributed by atoms with E-state index < -0.39 is 6.61 Å². The van der Waals surface area contributed by atoms with Crippen molar-refractivity contribution in [2.75, 3.05) is 0 Å². The van der Waals surface area contributed by atoms with Crippen LogP contribution in [0.2, 0.25) is 0 Å². The zero-order chi connectivity index (χ0) is 10.6. The minimum absolute atomic E-state index is 0.0731. The third-order valence-electron chi connectivity index (χ3n) is 1.70. The minimum atomic E-state index is -2.85. The number of rotatable bonds is 3. The van der Waals surface area contributed by atoms with Gasteiger partial charge in [-0.1, -0.05) is 17.7 Å². The zero-order valence-electron chi connectivity index (χ0n) is 7.63. The van der Waals surface area contributed by atoms with Gasteiger partial charge in [0.2, 0.25) is 0 Å². The van der Waals surface area contributed by atoms with E-state index >= 15 is 0 Å². The second kappa shape index (κ2) is 4.56. The summed E-state index contributed by atoms with van der Waals surface area (Å²) in [6.07, 6.45) is 0.0731. The molecule has 2 nitrogen and oxygen atoms in total. The van der Waals surface area contributed by atoms with Crippen molar-refractivity contribution in [3.8, 4) is 11.8 Å². The number of alkyl halides is 2. The Morgan fingerprint density at radius 2 is 2.21 bits per heavy atom. The van der Waals surface area contributed by atoms with E-state index in [1.54, 1.807) is 12.1 Å². The number of aryl methyl sites for hydroxylation is 1. The predicted molar refractivity (Wildman–Crippen MR) is 47.1 cm³/mol. The topological polar surface area (TPSA) is 33.0 Å².